The van der Waals surface area contributed by atoms with Gasteiger partial charge in [-0.3, -0.25) is 4.79 Å². The Morgan fingerprint density at radius 1 is 1.38 bits per heavy atom. The Balaban J connectivity index is 1.51. The van der Waals surface area contributed by atoms with Gasteiger partial charge in [-0.15, -0.1) is 0 Å². The van der Waals surface area contributed by atoms with Crippen LogP contribution in [0.25, 0.3) is 0 Å². The molecule has 0 saturated carbocycles. The second-order valence-electron chi connectivity index (χ2n) is 6.09. The van der Waals surface area contributed by atoms with Crippen molar-refractivity contribution >= 4 is 21.9 Å². The number of halogens is 1. The highest BCUT2D eigenvalue weighted by atomic mass is 79.9. The molecule has 6 heteroatoms. The summed E-state index contributed by atoms with van der Waals surface area (Å²) in [5, 5.41) is 0. The number of carbonyl (C=O) groups excluding carboxylic acids is 1. The molecule has 2 aliphatic rings. The van der Waals surface area contributed by atoms with Crippen molar-refractivity contribution in [3.05, 3.63) is 34.3 Å². The van der Waals surface area contributed by atoms with Crippen molar-refractivity contribution in [2.45, 2.75) is 25.4 Å². The van der Waals surface area contributed by atoms with E-state index in [1.165, 1.54) is 0 Å². The summed E-state index contributed by atoms with van der Waals surface area (Å²) in [4.78, 5) is 12.1. The van der Waals surface area contributed by atoms with Gasteiger partial charge in [0.1, 0.15) is 12.6 Å². The highest BCUT2D eigenvalue weighted by Crippen LogP contribution is 2.28. The Hall–Kier alpha value is -0.950. The minimum Gasteiger partial charge on any atom is -0.464 e. The summed E-state index contributed by atoms with van der Waals surface area (Å²) in [7, 11) is 0. The quantitative estimate of drug-likeness (QED) is 0.809. The first kappa shape index (κ1) is 15.0. The average Bonchev–Trinajstić information content (AvgIpc) is 2.93. The van der Waals surface area contributed by atoms with E-state index < -0.39 is 0 Å². The van der Waals surface area contributed by atoms with Gasteiger partial charge in [-0.1, -0.05) is 35.0 Å². The Kier molecular flexibility index (Phi) is 4.31. The molecule has 0 bridgehead atoms. The minimum atomic E-state index is -0.303. The largest absolute Gasteiger partial charge is 0.464 e. The van der Waals surface area contributed by atoms with Gasteiger partial charge >= 0.3 is 5.97 Å². The Bertz CT molecular complexity index is 516. The third-order valence-corrected chi connectivity index (χ3v) is 4.45. The van der Waals surface area contributed by atoms with E-state index in [1.54, 1.807) is 0 Å². The molecule has 5 nitrogen and oxygen atoms in total. The SMILES string of the molecule is CC1(COC(=O)C2CC(c3ccc(Br)cc3)NN2)COC1. The zero-order valence-corrected chi connectivity index (χ0v) is 13.5. The average molecular weight is 355 g/mol. The van der Waals surface area contributed by atoms with Gasteiger partial charge in [0.2, 0.25) is 0 Å². The summed E-state index contributed by atoms with van der Waals surface area (Å²) in [5.74, 6) is -0.199. The predicted octanol–water partition coefficient (Wildman–Crippen LogP) is 1.94. The molecule has 2 fully saturated rings. The second-order valence-corrected chi connectivity index (χ2v) is 7.01. The van der Waals surface area contributed by atoms with E-state index in [9.17, 15) is 4.79 Å². The highest BCUT2D eigenvalue weighted by molar-refractivity contribution is 9.10. The molecule has 0 aromatic heterocycles. The number of hydrazine groups is 1. The summed E-state index contributed by atoms with van der Waals surface area (Å²) in [5.41, 5.74) is 7.33. The fraction of sp³-hybridized carbons (Fsp3) is 0.533. The minimum absolute atomic E-state index is 0.00714. The Morgan fingerprint density at radius 2 is 2.10 bits per heavy atom. The van der Waals surface area contributed by atoms with Crippen LogP contribution >= 0.6 is 15.9 Å². The van der Waals surface area contributed by atoms with Gasteiger partial charge in [-0.2, -0.15) is 0 Å². The van der Waals surface area contributed by atoms with Gasteiger partial charge in [0.05, 0.1) is 13.2 Å². The zero-order valence-electron chi connectivity index (χ0n) is 11.9. The number of ether oxygens (including phenoxy) is 2. The molecule has 114 valence electrons. The van der Waals surface area contributed by atoms with Gasteiger partial charge in [0.25, 0.3) is 0 Å². The lowest BCUT2D eigenvalue weighted by atomic mass is 9.90. The Labute approximate surface area is 132 Å². The fourth-order valence-corrected chi connectivity index (χ4v) is 2.77. The molecule has 1 aromatic carbocycles. The molecule has 2 N–H and O–H groups in total. The van der Waals surface area contributed by atoms with Crippen LogP contribution in [0.3, 0.4) is 0 Å². The molecule has 2 saturated heterocycles. The van der Waals surface area contributed by atoms with Crippen LogP contribution in [0.15, 0.2) is 28.7 Å². The Morgan fingerprint density at radius 3 is 2.71 bits per heavy atom. The summed E-state index contributed by atoms with van der Waals surface area (Å²) in [6.07, 6.45) is 0.688. The van der Waals surface area contributed by atoms with Crippen molar-refractivity contribution in [1.29, 1.82) is 0 Å². The van der Waals surface area contributed by atoms with E-state index in [0.717, 1.165) is 10.0 Å². The third kappa shape index (κ3) is 3.45. The van der Waals surface area contributed by atoms with Crippen molar-refractivity contribution in [3.63, 3.8) is 0 Å². The maximum Gasteiger partial charge on any atom is 0.324 e. The smallest absolute Gasteiger partial charge is 0.324 e. The molecule has 2 unspecified atom stereocenters. The molecule has 3 rings (SSSR count). The topological polar surface area (TPSA) is 59.6 Å². The third-order valence-electron chi connectivity index (χ3n) is 3.92. The molecule has 0 amide bonds. The van der Waals surface area contributed by atoms with Gasteiger partial charge in [0, 0.05) is 15.9 Å². The van der Waals surface area contributed by atoms with Crippen molar-refractivity contribution < 1.29 is 14.3 Å². The van der Waals surface area contributed by atoms with Crippen LogP contribution in [0.5, 0.6) is 0 Å². The second kappa shape index (κ2) is 6.04. The van der Waals surface area contributed by atoms with E-state index >= 15 is 0 Å². The number of benzene rings is 1. The molecule has 2 heterocycles. The van der Waals surface area contributed by atoms with Crippen LogP contribution in [0, 0.1) is 5.41 Å². The van der Waals surface area contributed by atoms with Crippen molar-refractivity contribution in [2.24, 2.45) is 5.41 Å². The van der Waals surface area contributed by atoms with Crippen molar-refractivity contribution in [2.75, 3.05) is 19.8 Å². The van der Waals surface area contributed by atoms with Gasteiger partial charge in [-0.25, -0.2) is 10.9 Å². The van der Waals surface area contributed by atoms with Crippen LogP contribution in [0.4, 0.5) is 0 Å². The molecule has 2 atom stereocenters. The van der Waals surface area contributed by atoms with Crippen molar-refractivity contribution in [1.82, 2.24) is 10.9 Å². The molecular weight excluding hydrogens is 336 g/mol. The summed E-state index contributed by atoms with van der Waals surface area (Å²) in [6.45, 7) is 3.82. The van der Waals surface area contributed by atoms with E-state index in [1.807, 2.05) is 24.3 Å². The summed E-state index contributed by atoms with van der Waals surface area (Å²) in [6, 6.07) is 7.91. The first-order valence-corrected chi connectivity index (χ1v) is 7.86. The summed E-state index contributed by atoms with van der Waals surface area (Å²) >= 11 is 3.42. The van der Waals surface area contributed by atoms with E-state index in [4.69, 9.17) is 9.47 Å². The highest BCUT2D eigenvalue weighted by Gasteiger charge is 2.37. The van der Waals surface area contributed by atoms with Gasteiger partial charge in [0.15, 0.2) is 0 Å². The normalized spacial score (nSPS) is 27.1. The van der Waals surface area contributed by atoms with Gasteiger partial charge in [-0.05, 0) is 24.1 Å². The molecule has 0 aliphatic carbocycles. The van der Waals surface area contributed by atoms with Crippen LogP contribution in [0.1, 0.15) is 24.9 Å². The number of nitrogens with one attached hydrogen (secondary N) is 2. The van der Waals surface area contributed by atoms with Crippen molar-refractivity contribution in [3.8, 4) is 0 Å². The molecule has 0 radical (unpaired) electrons. The predicted molar refractivity (Wildman–Crippen MR) is 81.4 cm³/mol. The number of carbonyl (C=O) groups is 1. The van der Waals surface area contributed by atoms with Crippen LogP contribution in [-0.2, 0) is 14.3 Å². The number of esters is 1. The fourth-order valence-electron chi connectivity index (χ4n) is 2.50. The maximum atomic E-state index is 12.1. The number of hydrogen-bond donors (Lipinski definition) is 2. The van der Waals surface area contributed by atoms with E-state index in [2.05, 4.69) is 33.7 Å². The summed E-state index contributed by atoms with van der Waals surface area (Å²) < 4.78 is 11.6. The zero-order chi connectivity index (χ0) is 14.9. The first-order chi connectivity index (χ1) is 10.1. The number of rotatable bonds is 4. The van der Waals surface area contributed by atoms with E-state index in [0.29, 0.717) is 26.2 Å². The van der Waals surface area contributed by atoms with Crippen LogP contribution < -0.4 is 10.9 Å². The molecule has 1 aromatic rings. The van der Waals surface area contributed by atoms with E-state index in [-0.39, 0.29) is 23.5 Å². The first-order valence-electron chi connectivity index (χ1n) is 7.07. The van der Waals surface area contributed by atoms with Gasteiger partial charge < -0.3 is 9.47 Å². The molecular formula is C15H19BrN2O3. The van der Waals surface area contributed by atoms with Crippen LogP contribution in [0.2, 0.25) is 0 Å². The molecule has 21 heavy (non-hydrogen) atoms. The lowest BCUT2D eigenvalue weighted by Crippen LogP contribution is -2.46. The lowest BCUT2D eigenvalue weighted by Gasteiger charge is -2.37. The monoisotopic (exact) mass is 354 g/mol. The standard InChI is InChI=1S/C15H19BrN2O3/c1-15(7-20-8-15)9-21-14(19)13-6-12(17-18-13)10-2-4-11(16)5-3-10/h2-5,12-13,17-18H,6-9H2,1H3. The lowest BCUT2D eigenvalue weighted by molar-refractivity contribution is -0.166. The number of hydrogen-bond acceptors (Lipinski definition) is 5. The molecule has 0 spiro atoms. The van der Waals surface area contributed by atoms with Crippen LogP contribution in [-0.4, -0.2) is 31.8 Å². The maximum absolute atomic E-state index is 12.1. The molecule has 2 aliphatic heterocycles.